The largest absolute Gasteiger partial charge is 0.496 e. The molecule has 0 N–H and O–H groups in total. The zero-order chi connectivity index (χ0) is 17.9. The zero-order valence-electron chi connectivity index (χ0n) is 14.7. The summed E-state index contributed by atoms with van der Waals surface area (Å²) < 4.78 is 5.31. The van der Waals surface area contributed by atoms with E-state index in [0.29, 0.717) is 25.4 Å². The van der Waals surface area contributed by atoms with Crippen LogP contribution in [0.3, 0.4) is 0 Å². The third-order valence-corrected chi connectivity index (χ3v) is 4.17. The number of nitrogens with zero attached hydrogens (tertiary/aromatic N) is 3. The smallest absolute Gasteiger partial charge is 0.270 e. The van der Waals surface area contributed by atoms with Crippen LogP contribution in [0.25, 0.3) is 0 Å². The maximum atomic E-state index is 12.3. The summed E-state index contributed by atoms with van der Waals surface area (Å²) in [4.78, 5) is 27.0. The Morgan fingerprint density at radius 3 is 2.38 bits per heavy atom. The van der Waals surface area contributed by atoms with Crippen molar-refractivity contribution in [3.63, 3.8) is 0 Å². The van der Waals surface area contributed by atoms with Gasteiger partial charge in [-0.3, -0.25) is 19.8 Å². The van der Waals surface area contributed by atoms with E-state index in [1.807, 2.05) is 25.7 Å². The second-order valence-corrected chi connectivity index (χ2v) is 7.07. The van der Waals surface area contributed by atoms with Gasteiger partial charge in [0.25, 0.3) is 5.69 Å². The molecule has 1 aliphatic rings. The van der Waals surface area contributed by atoms with Gasteiger partial charge < -0.3 is 9.64 Å². The number of nitro groups is 1. The normalized spacial score (nSPS) is 16.1. The van der Waals surface area contributed by atoms with Gasteiger partial charge in [0, 0.05) is 55.8 Å². The van der Waals surface area contributed by atoms with Crippen LogP contribution >= 0.6 is 0 Å². The number of benzene rings is 1. The monoisotopic (exact) mass is 335 g/mol. The number of carbonyl (C=O) groups excluding carboxylic acids is 1. The number of hydrogen-bond donors (Lipinski definition) is 0. The molecular weight excluding hydrogens is 310 g/mol. The van der Waals surface area contributed by atoms with Crippen molar-refractivity contribution in [2.75, 3.05) is 33.3 Å². The van der Waals surface area contributed by atoms with E-state index < -0.39 is 4.92 Å². The highest BCUT2D eigenvalue weighted by atomic mass is 16.6. The number of methoxy groups -OCH3 is 1. The molecule has 132 valence electrons. The molecule has 1 amide bonds. The first-order chi connectivity index (χ1) is 11.2. The number of non-ortho nitro benzene ring substituents is 1. The molecule has 1 aromatic carbocycles. The quantitative estimate of drug-likeness (QED) is 0.623. The summed E-state index contributed by atoms with van der Waals surface area (Å²) in [5.41, 5.74) is 0.487. The predicted octanol–water partition coefficient (Wildman–Crippen LogP) is 2.29. The van der Waals surface area contributed by atoms with Crippen LogP contribution in [0.1, 0.15) is 26.3 Å². The first-order valence-electron chi connectivity index (χ1n) is 8.05. The number of ether oxygens (including phenoxy) is 1. The number of nitro benzene ring substituents is 1. The molecule has 0 bridgehead atoms. The standard InChI is InChI=1S/C17H25N3O4/c1-17(2,3)16(21)19-9-7-18(8-10-19)12-13-11-14(20(22)23)5-6-15(13)24-4/h5-6,11H,7-10,12H2,1-4H3. The average molecular weight is 335 g/mol. The number of rotatable bonds is 4. The summed E-state index contributed by atoms with van der Waals surface area (Å²) in [6.45, 7) is 9.19. The molecule has 0 aromatic heterocycles. The van der Waals surface area contributed by atoms with Gasteiger partial charge in [0.1, 0.15) is 5.75 Å². The maximum Gasteiger partial charge on any atom is 0.270 e. The van der Waals surface area contributed by atoms with Crippen molar-refractivity contribution in [1.82, 2.24) is 9.80 Å². The van der Waals surface area contributed by atoms with Crippen molar-refractivity contribution in [2.45, 2.75) is 27.3 Å². The first kappa shape index (κ1) is 18.2. The summed E-state index contributed by atoms with van der Waals surface area (Å²) in [7, 11) is 1.56. The summed E-state index contributed by atoms with van der Waals surface area (Å²) in [6.07, 6.45) is 0. The Hall–Kier alpha value is -2.15. The van der Waals surface area contributed by atoms with E-state index in [0.717, 1.165) is 18.7 Å². The van der Waals surface area contributed by atoms with E-state index in [-0.39, 0.29) is 17.0 Å². The van der Waals surface area contributed by atoms with Gasteiger partial charge in [-0.25, -0.2) is 0 Å². The second kappa shape index (κ2) is 7.17. The Kier molecular flexibility index (Phi) is 5.43. The highest BCUT2D eigenvalue weighted by molar-refractivity contribution is 5.81. The van der Waals surface area contributed by atoms with E-state index in [9.17, 15) is 14.9 Å². The minimum Gasteiger partial charge on any atom is -0.496 e. The molecule has 0 radical (unpaired) electrons. The Balaban J connectivity index is 2.02. The van der Waals surface area contributed by atoms with Gasteiger partial charge in [-0.2, -0.15) is 0 Å². The third-order valence-electron chi connectivity index (χ3n) is 4.17. The van der Waals surface area contributed by atoms with Crippen LogP contribution in [0, 0.1) is 15.5 Å². The van der Waals surface area contributed by atoms with Gasteiger partial charge in [-0.15, -0.1) is 0 Å². The molecule has 2 rings (SSSR count). The van der Waals surface area contributed by atoms with Crippen LogP contribution in [0.5, 0.6) is 5.75 Å². The zero-order valence-corrected chi connectivity index (χ0v) is 14.7. The fraction of sp³-hybridized carbons (Fsp3) is 0.588. The lowest BCUT2D eigenvalue weighted by Crippen LogP contribution is -2.51. The highest BCUT2D eigenvalue weighted by Crippen LogP contribution is 2.26. The second-order valence-electron chi connectivity index (χ2n) is 7.07. The first-order valence-corrected chi connectivity index (χ1v) is 8.05. The predicted molar refractivity (Wildman–Crippen MR) is 91.0 cm³/mol. The fourth-order valence-corrected chi connectivity index (χ4v) is 2.83. The molecule has 7 nitrogen and oxygen atoms in total. The molecule has 0 atom stereocenters. The summed E-state index contributed by atoms with van der Waals surface area (Å²) in [6, 6.07) is 4.64. The van der Waals surface area contributed by atoms with Crippen LogP contribution in [0.2, 0.25) is 0 Å². The van der Waals surface area contributed by atoms with Crippen molar-refractivity contribution in [2.24, 2.45) is 5.41 Å². The third kappa shape index (κ3) is 4.23. The van der Waals surface area contributed by atoms with Crippen molar-refractivity contribution in [3.05, 3.63) is 33.9 Å². The molecule has 0 saturated carbocycles. The van der Waals surface area contributed by atoms with Crippen LogP contribution in [0.15, 0.2) is 18.2 Å². The molecule has 1 fully saturated rings. The van der Waals surface area contributed by atoms with Crippen molar-refractivity contribution in [1.29, 1.82) is 0 Å². The minimum atomic E-state index is -0.400. The van der Waals surface area contributed by atoms with Crippen molar-refractivity contribution < 1.29 is 14.5 Å². The van der Waals surface area contributed by atoms with Gasteiger partial charge in [0.2, 0.25) is 5.91 Å². The van der Waals surface area contributed by atoms with Crippen LogP contribution in [-0.2, 0) is 11.3 Å². The number of amides is 1. The molecule has 1 saturated heterocycles. The van der Waals surface area contributed by atoms with Gasteiger partial charge >= 0.3 is 0 Å². The van der Waals surface area contributed by atoms with E-state index in [1.54, 1.807) is 19.2 Å². The van der Waals surface area contributed by atoms with E-state index in [1.165, 1.54) is 6.07 Å². The molecule has 1 aromatic rings. The van der Waals surface area contributed by atoms with Gasteiger partial charge in [-0.05, 0) is 6.07 Å². The van der Waals surface area contributed by atoms with Gasteiger partial charge in [-0.1, -0.05) is 20.8 Å². The van der Waals surface area contributed by atoms with Crippen LogP contribution in [-0.4, -0.2) is 53.9 Å². The molecule has 0 unspecified atom stereocenters. The number of carbonyl (C=O) groups is 1. The molecule has 0 aliphatic carbocycles. The summed E-state index contributed by atoms with van der Waals surface area (Å²) in [5.74, 6) is 0.809. The SMILES string of the molecule is COc1ccc([N+](=O)[O-])cc1CN1CCN(C(=O)C(C)(C)C)CC1. The lowest BCUT2D eigenvalue weighted by Gasteiger charge is -2.37. The van der Waals surface area contributed by atoms with E-state index in [2.05, 4.69) is 4.90 Å². The average Bonchev–Trinajstić information content (AvgIpc) is 2.54. The highest BCUT2D eigenvalue weighted by Gasteiger charge is 2.29. The minimum absolute atomic E-state index is 0.0624. The lowest BCUT2D eigenvalue weighted by molar-refractivity contribution is -0.385. The van der Waals surface area contributed by atoms with Gasteiger partial charge in [0.15, 0.2) is 0 Å². The number of hydrogen-bond acceptors (Lipinski definition) is 5. The van der Waals surface area contributed by atoms with Crippen LogP contribution in [0.4, 0.5) is 5.69 Å². The van der Waals surface area contributed by atoms with Crippen molar-refractivity contribution >= 4 is 11.6 Å². The molecule has 24 heavy (non-hydrogen) atoms. The Morgan fingerprint density at radius 1 is 1.25 bits per heavy atom. The molecular formula is C17H25N3O4. The molecule has 0 spiro atoms. The maximum absolute atomic E-state index is 12.3. The molecule has 1 heterocycles. The lowest BCUT2D eigenvalue weighted by atomic mass is 9.94. The van der Waals surface area contributed by atoms with Crippen molar-refractivity contribution in [3.8, 4) is 5.75 Å². The van der Waals surface area contributed by atoms with Crippen LogP contribution < -0.4 is 4.74 Å². The Morgan fingerprint density at radius 2 is 1.88 bits per heavy atom. The van der Waals surface area contributed by atoms with E-state index >= 15 is 0 Å². The van der Waals surface area contributed by atoms with Gasteiger partial charge in [0.05, 0.1) is 12.0 Å². The number of piperazine rings is 1. The fourth-order valence-electron chi connectivity index (χ4n) is 2.83. The molecule has 7 heteroatoms. The molecule has 1 aliphatic heterocycles. The summed E-state index contributed by atoms with van der Waals surface area (Å²) in [5, 5.41) is 11.0. The van der Waals surface area contributed by atoms with E-state index in [4.69, 9.17) is 4.74 Å². The topological polar surface area (TPSA) is 75.9 Å². The Labute approximate surface area is 142 Å². The Bertz CT molecular complexity index is 617. The summed E-state index contributed by atoms with van der Waals surface area (Å²) >= 11 is 0.